The number of nitrogens with one attached hydrogen (secondary N) is 1. The van der Waals surface area contributed by atoms with Crippen molar-refractivity contribution < 1.29 is 14.7 Å². The summed E-state index contributed by atoms with van der Waals surface area (Å²) >= 11 is 0. The van der Waals surface area contributed by atoms with Crippen LogP contribution >= 0.6 is 0 Å². The fourth-order valence-corrected chi connectivity index (χ4v) is 2.77. The van der Waals surface area contributed by atoms with E-state index in [0.717, 1.165) is 12.8 Å². The summed E-state index contributed by atoms with van der Waals surface area (Å²) in [5.41, 5.74) is 0. The van der Waals surface area contributed by atoms with Gasteiger partial charge in [-0.05, 0) is 39.0 Å². The number of hydrogen-bond donors (Lipinski definition) is 2. The predicted molar refractivity (Wildman–Crippen MR) is 71.3 cm³/mol. The van der Waals surface area contributed by atoms with E-state index < -0.39 is 0 Å². The lowest BCUT2D eigenvalue weighted by molar-refractivity contribution is -0.130. The van der Waals surface area contributed by atoms with E-state index in [-0.39, 0.29) is 36.4 Å². The Kier molecular flexibility index (Phi) is 4.45. The van der Waals surface area contributed by atoms with Crippen LogP contribution in [0.2, 0.25) is 0 Å². The molecule has 0 aromatic carbocycles. The summed E-state index contributed by atoms with van der Waals surface area (Å²) in [4.78, 5) is 25.8. The van der Waals surface area contributed by atoms with Crippen LogP contribution in [0.15, 0.2) is 0 Å². The summed E-state index contributed by atoms with van der Waals surface area (Å²) < 4.78 is 0. The normalized spacial score (nSPS) is 24.9. The average molecular weight is 268 g/mol. The van der Waals surface area contributed by atoms with Crippen LogP contribution in [0.25, 0.3) is 0 Å². The van der Waals surface area contributed by atoms with Gasteiger partial charge in [-0.25, -0.2) is 0 Å². The van der Waals surface area contributed by atoms with Crippen molar-refractivity contribution >= 4 is 11.8 Å². The summed E-state index contributed by atoms with van der Waals surface area (Å²) in [6, 6.07) is 0.239. The van der Waals surface area contributed by atoms with Gasteiger partial charge in [0.15, 0.2) is 0 Å². The second-order valence-electron chi connectivity index (χ2n) is 6.01. The SMILES string of the molecule is CC(C)N1CC(C(=O)NC(CCO)C2CC2)CC1=O. The van der Waals surface area contributed by atoms with Crippen LogP contribution < -0.4 is 5.32 Å². The Hall–Kier alpha value is -1.10. The fourth-order valence-electron chi connectivity index (χ4n) is 2.77. The molecule has 2 fully saturated rings. The van der Waals surface area contributed by atoms with Crippen LogP contribution in [0, 0.1) is 11.8 Å². The highest BCUT2D eigenvalue weighted by atomic mass is 16.3. The lowest BCUT2D eigenvalue weighted by Gasteiger charge is -2.22. The molecule has 2 aliphatic rings. The van der Waals surface area contributed by atoms with Crippen LogP contribution in [-0.2, 0) is 9.59 Å². The zero-order valence-electron chi connectivity index (χ0n) is 11.8. The van der Waals surface area contributed by atoms with Crippen molar-refractivity contribution in [2.24, 2.45) is 11.8 Å². The standard InChI is InChI=1S/C14H24N2O3/c1-9(2)16-8-11(7-13(16)18)14(19)15-12(5-6-17)10-3-4-10/h9-12,17H,3-8H2,1-2H3,(H,15,19). The minimum absolute atomic E-state index is 0.0261. The summed E-state index contributed by atoms with van der Waals surface area (Å²) in [6.45, 7) is 4.57. The lowest BCUT2D eigenvalue weighted by Crippen LogP contribution is -2.42. The van der Waals surface area contributed by atoms with Crippen LogP contribution in [0.4, 0.5) is 0 Å². The molecule has 1 heterocycles. The zero-order chi connectivity index (χ0) is 14.0. The maximum absolute atomic E-state index is 12.2. The number of aliphatic hydroxyl groups excluding tert-OH is 1. The van der Waals surface area contributed by atoms with Crippen LogP contribution in [-0.4, -0.2) is 47.1 Å². The first-order valence-electron chi connectivity index (χ1n) is 7.23. The molecule has 0 aromatic heterocycles. The summed E-state index contributed by atoms with van der Waals surface area (Å²) in [5.74, 6) is 0.339. The molecule has 0 spiro atoms. The van der Waals surface area contributed by atoms with Gasteiger partial charge in [-0.15, -0.1) is 0 Å². The molecule has 0 aromatic rings. The van der Waals surface area contributed by atoms with E-state index in [1.54, 1.807) is 4.90 Å². The third kappa shape index (κ3) is 3.47. The molecule has 5 nitrogen and oxygen atoms in total. The molecule has 1 saturated carbocycles. The molecule has 1 aliphatic heterocycles. The molecule has 0 bridgehead atoms. The van der Waals surface area contributed by atoms with E-state index in [1.807, 2.05) is 13.8 Å². The van der Waals surface area contributed by atoms with Crippen molar-refractivity contribution in [2.75, 3.05) is 13.2 Å². The molecule has 2 amide bonds. The molecule has 2 rings (SSSR count). The molecule has 1 aliphatic carbocycles. The van der Waals surface area contributed by atoms with Gasteiger partial charge in [0.05, 0.1) is 5.92 Å². The van der Waals surface area contributed by atoms with Crippen LogP contribution in [0.3, 0.4) is 0 Å². The van der Waals surface area contributed by atoms with Gasteiger partial charge in [0, 0.05) is 31.7 Å². The first-order valence-corrected chi connectivity index (χ1v) is 7.23. The average Bonchev–Trinajstić information content (AvgIpc) is 3.11. The smallest absolute Gasteiger partial charge is 0.225 e. The number of aliphatic hydroxyl groups is 1. The van der Waals surface area contributed by atoms with E-state index in [1.165, 1.54) is 0 Å². The fraction of sp³-hybridized carbons (Fsp3) is 0.857. The van der Waals surface area contributed by atoms with E-state index in [4.69, 9.17) is 5.11 Å². The number of amides is 2. The lowest BCUT2D eigenvalue weighted by atomic mass is 10.0. The topological polar surface area (TPSA) is 69.6 Å². The highest BCUT2D eigenvalue weighted by Crippen LogP contribution is 2.34. The van der Waals surface area contributed by atoms with E-state index >= 15 is 0 Å². The quantitative estimate of drug-likeness (QED) is 0.738. The molecule has 108 valence electrons. The number of carbonyl (C=O) groups is 2. The van der Waals surface area contributed by atoms with Crippen molar-refractivity contribution in [1.82, 2.24) is 10.2 Å². The van der Waals surface area contributed by atoms with Gasteiger partial charge < -0.3 is 15.3 Å². The molecular weight excluding hydrogens is 244 g/mol. The number of nitrogens with zero attached hydrogens (tertiary/aromatic N) is 1. The number of rotatable bonds is 6. The minimum Gasteiger partial charge on any atom is -0.396 e. The first kappa shape index (κ1) is 14.3. The minimum atomic E-state index is -0.227. The van der Waals surface area contributed by atoms with Crippen molar-refractivity contribution in [3.63, 3.8) is 0 Å². The van der Waals surface area contributed by atoms with Crippen molar-refractivity contribution in [1.29, 1.82) is 0 Å². The van der Waals surface area contributed by atoms with E-state index in [9.17, 15) is 9.59 Å². The van der Waals surface area contributed by atoms with Gasteiger partial charge in [0.25, 0.3) is 0 Å². The number of hydrogen-bond acceptors (Lipinski definition) is 3. The summed E-state index contributed by atoms with van der Waals surface area (Å²) in [7, 11) is 0. The molecule has 2 N–H and O–H groups in total. The third-order valence-corrected chi connectivity index (χ3v) is 4.11. The molecular formula is C14H24N2O3. The molecule has 1 saturated heterocycles. The van der Waals surface area contributed by atoms with Gasteiger partial charge in [0.1, 0.15) is 0 Å². The van der Waals surface area contributed by atoms with Crippen molar-refractivity contribution in [3.8, 4) is 0 Å². The maximum Gasteiger partial charge on any atom is 0.225 e. The Labute approximate surface area is 114 Å². The Balaban J connectivity index is 1.88. The van der Waals surface area contributed by atoms with Gasteiger partial charge >= 0.3 is 0 Å². The largest absolute Gasteiger partial charge is 0.396 e. The van der Waals surface area contributed by atoms with Crippen molar-refractivity contribution in [3.05, 3.63) is 0 Å². The molecule has 2 unspecified atom stereocenters. The van der Waals surface area contributed by atoms with Gasteiger partial charge in [-0.2, -0.15) is 0 Å². The maximum atomic E-state index is 12.2. The summed E-state index contributed by atoms with van der Waals surface area (Å²) in [6.07, 6.45) is 3.20. The van der Waals surface area contributed by atoms with Gasteiger partial charge in [-0.3, -0.25) is 9.59 Å². The van der Waals surface area contributed by atoms with Crippen molar-refractivity contribution in [2.45, 2.75) is 51.6 Å². The Morgan fingerprint density at radius 2 is 2.16 bits per heavy atom. The Morgan fingerprint density at radius 3 is 2.63 bits per heavy atom. The molecule has 5 heteroatoms. The second kappa shape index (κ2) is 5.90. The highest BCUT2D eigenvalue weighted by Gasteiger charge is 2.38. The second-order valence-corrected chi connectivity index (χ2v) is 6.01. The first-order chi connectivity index (χ1) is 9.02. The Morgan fingerprint density at radius 1 is 1.47 bits per heavy atom. The molecule has 0 radical (unpaired) electrons. The zero-order valence-corrected chi connectivity index (χ0v) is 11.8. The predicted octanol–water partition coefficient (Wildman–Crippen LogP) is 0.520. The summed E-state index contributed by atoms with van der Waals surface area (Å²) in [5, 5.41) is 12.1. The van der Waals surface area contributed by atoms with Crippen LogP contribution in [0.5, 0.6) is 0 Å². The molecule has 19 heavy (non-hydrogen) atoms. The van der Waals surface area contributed by atoms with Crippen LogP contribution in [0.1, 0.15) is 39.5 Å². The molecule has 2 atom stereocenters. The van der Waals surface area contributed by atoms with Gasteiger partial charge in [-0.1, -0.05) is 0 Å². The van der Waals surface area contributed by atoms with E-state index in [0.29, 0.717) is 25.3 Å². The number of likely N-dealkylation sites (tertiary alicyclic amines) is 1. The third-order valence-electron chi connectivity index (χ3n) is 4.11. The monoisotopic (exact) mass is 268 g/mol. The number of carbonyl (C=O) groups excluding carboxylic acids is 2. The highest BCUT2D eigenvalue weighted by molar-refractivity contribution is 5.89. The van der Waals surface area contributed by atoms with Gasteiger partial charge in [0.2, 0.25) is 11.8 Å². The Bertz CT molecular complexity index is 353. The van der Waals surface area contributed by atoms with E-state index in [2.05, 4.69) is 5.32 Å².